The standard InChI is InChI=1S/C24H32FN3O4S/c1-6-21(24(30)26-7-2)27(15-19-11-13-20(25)14-12-19)22(29)16-28(33(5,31)32)23-17(3)9-8-10-18(23)4/h8-14,21H,6-7,15-16H2,1-5H3,(H,26,30). The summed E-state index contributed by atoms with van der Waals surface area (Å²) in [4.78, 5) is 27.6. The summed E-state index contributed by atoms with van der Waals surface area (Å²) in [6, 6.07) is 10.2. The van der Waals surface area contributed by atoms with Crippen LogP contribution in [0.4, 0.5) is 10.1 Å². The summed E-state index contributed by atoms with van der Waals surface area (Å²) in [5, 5.41) is 2.74. The molecule has 1 unspecified atom stereocenters. The number of hydrogen-bond acceptors (Lipinski definition) is 4. The molecule has 0 aliphatic heterocycles. The van der Waals surface area contributed by atoms with Crippen molar-refractivity contribution >= 4 is 27.5 Å². The van der Waals surface area contributed by atoms with Gasteiger partial charge < -0.3 is 10.2 Å². The first kappa shape index (κ1) is 26.3. The number of rotatable bonds is 10. The fraction of sp³-hybridized carbons (Fsp3) is 0.417. The maximum atomic E-state index is 13.5. The Labute approximate surface area is 195 Å². The SMILES string of the molecule is CCNC(=O)C(CC)N(Cc1ccc(F)cc1)C(=O)CN(c1c(C)cccc1C)S(C)(=O)=O. The molecule has 9 heteroatoms. The van der Waals surface area contributed by atoms with Crippen LogP contribution in [-0.4, -0.2) is 50.5 Å². The average molecular weight is 478 g/mol. The Morgan fingerprint density at radius 1 is 1.03 bits per heavy atom. The van der Waals surface area contributed by atoms with E-state index in [2.05, 4.69) is 5.32 Å². The lowest BCUT2D eigenvalue weighted by Crippen LogP contribution is -2.52. The molecule has 0 saturated carbocycles. The third kappa shape index (κ3) is 6.77. The Morgan fingerprint density at radius 2 is 1.61 bits per heavy atom. The zero-order valence-corrected chi connectivity index (χ0v) is 20.6. The molecule has 2 amide bonds. The first-order chi connectivity index (χ1) is 15.5. The first-order valence-electron chi connectivity index (χ1n) is 10.8. The predicted molar refractivity (Wildman–Crippen MR) is 128 cm³/mol. The largest absolute Gasteiger partial charge is 0.355 e. The quantitative estimate of drug-likeness (QED) is 0.570. The topological polar surface area (TPSA) is 86.8 Å². The van der Waals surface area contributed by atoms with Crippen LogP contribution in [0.2, 0.25) is 0 Å². The van der Waals surface area contributed by atoms with Crippen molar-refractivity contribution in [3.63, 3.8) is 0 Å². The summed E-state index contributed by atoms with van der Waals surface area (Å²) in [7, 11) is -3.80. The Morgan fingerprint density at radius 3 is 2.09 bits per heavy atom. The van der Waals surface area contributed by atoms with E-state index in [1.54, 1.807) is 52.0 Å². The number of sulfonamides is 1. The second-order valence-corrected chi connectivity index (χ2v) is 9.88. The number of hydrogen-bond donors (Lipinski definition) is 1. The molecule has 1 N–H and O–H groups in total. The molecule has 0 aromatic heterocycles. The zero-order chi connectivity index (χ0) is 24.8. The predicted octanol–water partition coefficient (Wildman–Crippen LogP) is 3.15. The third-order valence-corrected chi connectivity index (χ3v) is 6.48. The first-order valence-corrected chi connectivity index (χ1v) is 12.7. The molecule has 2 aromatic rings. The molecule has 0 aliphatic carbocycles. The van der Waals surface area contributed by atoms with Gasteiger partial charge >= 0.3 is 0 Å². The number of nitrogens with zero attached hydrogens (tertiary/aromatic N) is 2. The molecule has 0 fully saturated rings. The average Bonchev–Trinajstić information content (AvgIpc) is 2.73. The lowest BCUT2D eigenvalue weighted by Gasteiger charge is -2.33. The highest BCUT2D eigenvalue weighted by molar-refractivity contribution is 7.92. The van der Waals surface area contributed by atoms with E-state index in [1.807, 2.05) is 6.07 Å². The van der Waals surface area contributed by atoms with Gasteiger partial charge in [0.1, 0.15) is 18.4 Å². The molecule has 0 aliphatic rings. The highest BCUT2D eigenvalue weighted by Gasteiger charge is 2.32. The van der Waals surface area contributed by atoms with Gasteiger partial charge in [-0.2, -0.15) is 0 Å². The number of halogens is 1. The van der Waals surface area contributed by atoms with Crippen molar-refractivity contribution in [3.8, 4) is 0 Å². The summed E-state index contributed by atoms with van der Waals surface area (Å²) in [5.41, 5.74) is 2.51. The van der Waals surface area contributed by atoms with Crippen LogP contribution in [0, 0.1) is 19.7 Å². The Bertz CT molecular complexity index is 1070. The van der Waals surface area contributed by atoms with Gasteiger partial charge in [-0.15, -0.1) is 0 Å². The minimum absolute atomic E-state index is 0.0408. The number of nitrogens with one attached hydrogen (secondary N) is 1. The van der Waals surface area contributed by atoms with Gasteiger partial charge in [0.2, 0.25) is 21.8 Å². The van der Waals surface area contributed by atoms with E-state index in [4.69, 9.17) is 0 Å². The molecule has 0 radical (unpaired) electrons. The fourth-order valence-electron chi connectivity index (χ4n) is 3.77. The van der Waals surface area contributed by atoms with E-state index in [1.165, 1.54) is 17.0 Å². The molecule has 0 heterocycles. The molecule has 0 spiro atoms. The number of amides is 2. The van der Waals surface area contributed by atoms with Crippen LogP contribution in [0.5, 0.6) is 0 Å². The van der Waals surface area contributed by atoms with Crippen LogP contribution in [-0.2, 0) is 26.2 Å². The van der Waals surface area contributed by atoms with Gasteiger partial charge in [-0.05, 0) is 56.0 Å². The second kappa shape index (κ2) is 11.3. The van der Waals surface area contributed by atoms with E-state index < -0.39 is 34.3 Å². The van der Waals surface area contributed by atoms with Crippen molar-refractivity contribution in [2.24, 2.45) is 0 Å². The second-order valence-electron chi connectivity index (χ2n) is 7.98. The minimum Gasteiger partial charge on any atom is -0.355 e. The molecule has 0 saturated heterocycles. The lowest BCUT2D eigenvalue weighted by atomic mass is 10.1. The van der Waals surface area contributed by atoms with Crippen LogP contribution in [0.3, 0.4) is 0 Å². The normalized spacial score (nSPS) is 12.2. The number of benzene rings is 2. The van der Waals surface area contributed by atoms with Crippen LogP contribution in [0.15, 0.2) is 42.5 Å². The third-order valence-electron chi connectivity index (χ3n) is 5.37. The molecule has 33 heavy (non-hydrogen) atoms. The number of likely N-dealkylation sites (N-methyl/N-ethyl adjacent to an activating group) is 1. The fourth-order valence-corrected chi connectivity index (χ4v) is 4.74. The number of aryl methyl sites for hydroxylation is 2. The van der Waals surface area contributed by atoms with Gasteiger partial charge in [-0.1, -0.05) is 37.3 Å². The monoisotopic (exact) mass is 477 g/mol. The van der Waals surface area contributed by atoms with Crippen molar-refractivity contribution < 1.29 is 22.4 Å². The van der Waals surface area contributed by atoms with E-state index >= 15 is 0 Å². The minimum atomic E-state index is -3.80. The molecular formula is C24H32FN3O4S. The van der Waals surface area contributed by atoms with Crippen molar-refractivity contribution in [1.29, 1.82) is 0 Å². The van der Waals surface area contributed by atoms with Crippen molar-refractivity contribution in [1.82, 2.24) is 10.2 Å². The van der Waals surface area contributed by atoms with Crippen LogP contribution >= 0.6 is 0 Å². The summed E-state index contributed by atoms with van der Waals surface area (Å²) >= 11 is 0. The Kier molecular flexibility index (Phi) is 8.99. The van der Waals surface area contributed by atoms with Crippen molar-refractivity contribution in [2.45, 2.75) is 46.7 Å². The lowest BCUT2D eigenvalue weighted by molar-refractivity contribution is -0.140. The maximum Gasteiger partial charge on any atom is 0.244 e. The smallest absolute Gasteiger partial charge is 0.244 e. The maximum absolute atomic E-state index is 13.5. The zero-order valence-electron chi connectivity index (χ0n) is 19.8. The van der Waals surface area contributed by atoms with Gasteiger partial charge in [0.05, 0.1) is 11.9 Å². The molecule has 7 nitrogen and oxygen atoms in total. The molecule has 1 atom stereocenters. The summed E-state index contributed by atoms with van der Waals surface area (Å²) in [5.74, 6) is -1.26. The van der Waals surface area contributed by atoms with E-state index in [9.17, 15) is 22.4 Å². The van der Waals surface area contributed by atoms with Crippen LogP contribution < -0.4 is 9.62 Å². The molecule has 2 aromatic carbocycles. The van der Waals surface area contributed by atoms with Gasteiger partial charge in [0.25, 0.3) is 0 Å². The number of anilines is 1. The van der Waals surface area contributed by atoms with Gasteiger partial charge in [-0.25, -0.2) is 12.8 Å². The van der Waals surface area contributed by atoms with E-state index in [0.717, 1.165) is 10.6 Å². The van der Waals surface area contributed by atoms with Gasteiger partial charge in [0.15, 0.2) is 0 Å². The summed E-state index contributed by atoms with van der Waals surface area (Å²) < 4.78 is 39.9. The highest BCUT2D eigenvalue weighted by atomic mass is 32.2. The van der Waals surface area contributed by atoms with Crippen LogP contribution in [0.25, 0.3) is 0 Å². The summed E-state index contributed by atoms with van der Waals surface area (Å²) in [6.07, 6.45) is 1.39. The van der Waals surface area contributed by atoms with Crippen molar-refractivity contribution in [2.75, 3.05) is 23.7 Å². The number of carbonyl (C=O) groups excluding carboxylic acids is 2. The van der Waals surface area contributed by atoms with Gasteiger partial charge in [-0.3, -0.25) is 13.9 Å². The molecule has 0 bridgehead atoms. The number of carbonyl (C=O) groups is 2. The van der Waals surface area contributed by atoms with Crippen LogP contribution in [0.1, 0.15) is 37.0 Å². The molecule has 2 rings (SSSR count). The van der Waals surface area contributed by atoms with Gasteiger partial charge in [0, 0.05) is 13.1 Å². The highest BCUT2D eigenvalue weighted by Crippen LogP contribution is 2.27. The molecule has 180 valence electrons. The number of para-hydroxylation sites is 1. The molecular weight excluding hydrogens is 445 g/mol. The Hall–Kier alpha value is -2.94. The summed E-state index contributed by atoms with van der Waals surface area (Å²) in [6.45, 7) is 7.11. The Balaban J connectivity index is 2.48. The van der Waals surface area contributed by atoms with Crippen molar-refractivity contribution in [3.05, 3.63) is 65.0 Å². The van der Waals surface area contributed by atoms with E-state index in [0.29, 0.717) is 35.3 Å². The van der Waals surface area contributed by atoms with E-state index in [-0.39, 0.29) is 12.5 Å².